The van der Waals surface area contributed by atoms with Crippen molar-refractivity contribution in [3.8, 4) is 0 Å². The van der Waals surface area contributed by atoms with Gasteiger partial charge in [0.1, 0.15) is 0 Å². The maximum atomic E-state index is 11.8. The molecule has 1 saturated heterocycles. The van der Waals surface area contributed by atoms with Crippen LogP contribution in [-0.2, 0) is 4.79 Å². The molecule has 0 bridgehead atoms. The lowest BCUT2D eigenvalue weighted by molar-refractivity contribution is -0.128. The molecule has 0 saturated carbocycles. The van der Waals surface area contributed by atoms with Crippen LogP contribution in [0.15, 0.2) is 0 Å². The minimum absolute atomic E-state index is 0.0682. The van der Waals surface area contributed by atoms with Gasteiger partial charge in [-0.05, 0) is 5.92 Å². The van der Waals surface area contributed by atoms with Crippen LogP contribution in [0, 0.1) is 5.92 Å². The molecule has 4 nitrogen and oxygen atoms in total. The fourth-order valence-corrected chi connectivity index (χ4v) is 3.77. The highest BCUT2D eigenvalue weighted by molar-refractivity contribution is 8.00. The number of nitrogens with one attached hydrogen (secondary N) is 1. The number of carbonyl (C=O) groups excluding carboxylic acids is 1. The maximum Gasteiger partial charge on any atom is 0.251 e. The Hall–Kier alpha value is -0.260. The molecule has 1 aliphatic heterocycles. The number of amides is 1. The second-order valence-electron chi connectivity index (χ2n) is 4.91. The van der Waals surface area contributed by atoms with Gasteiger partial charge in [-0.3, -0.25) is 15.1 Å². The molecule has 1 heterocycles. The lowest BCUT2D eigenvalue weighted by atomic mass is 10.0. The van der Waals surface area contributed by atoms with Crippen molar-refractivity contribution in [2.45, 2.75) is 44.2 Å². The average Bonchev–Trinajstić information content (AvgIpc) is 2.15. The minimum Gasteiger partial charge on any atom is -0.293 e. The Morgan fingerprint density at radius 2 is 1.88 bits per heavy atom. The zero-order chi connectivity index (χ0) is 12.3. The van der Waals surface area contributed by atoms with Crippen LogP contribution < -0.4 is 11.3 Å². The Morgan fingerprint density at radius 1 is 1.38 bits per heavy atom. The first kappa shape index (κ1) is 13.8. The number of thioether (sulfide) groups is 1. The van der Waals surface area contributed by atoms with Crippen LogP contribution >= 0.6 is 11.8 Å². The number of hydrogen-bond acceptors (Lipinski definition) is 4. The number of carbonyl (C=O) groups is 1. The molecule has 94 valence electrons. The second kappa shape index (κ2) is 5.89. The topological polar surface area (TPSA) is 58.4 Å². The van der Waals surface area contributed by atoms with E-state index in [1.165, 1.54) is 0 Å². The van der Waals surface area contributed by atoms with Crippen molar-refractivity contribution in [2.24, 2.45) is 11.8 Å². The predicted molar refractivity (Wildman–Crippen MR) is 69.0 cm³/mol. The molecule has 0 radical (unpaired) electrons. The van der Waals surface area contributed by atoms with Crippen LogP contribution in [0.4, 0.5) is 0 Å². The van der Waals surface area contributed by atoms with Crippen molar-refractivity contribution in [1.82, 2.24) is 10.3 Å². The third kappa shape index (κ3) is 3.37. The summed E-state index contributed by atoms with van der Waals surface area (Å²) in [6.07, 6.45) is 0. The molecule has 16 heavy (non-hydrogen) atoms. The molecule has 0 aliphatic carbocycles. The van der Waals surface area contributed by atoms with E-state index in [2.05, 4.69) is 38.0 Å². The Labute approximate surface area is 102 Å². The highest BCUT2D eigenvalue weighted by Gasteiger charge is 2.33. The van der Waals surface area contributed by atoms with Crippen LogP contribution in [0.3, 0.4) is 0 Å². The molecule has 0 aromatic heterocycles. The predicted octanol–water partition coefficient (Wildman–Crippen LogP) is 0.827. The first-order chi connectivity index (χ1) is 7.45. The van der Waals surface area contributed by atoms with Gasteiger partial charge in [0.2, 0.25) is 0 Å². The van der Waals surface area contributed by atoms with Crippen LogP contribution in [-0.4, -0.2) is 40.4 Å². The summed E-state index contributed by atoms with van der Waals surface area (Å²) in [6.45, 7) is 10.5. The smallest absolute Gasteiger partial charge is 0.251 e. The zero-order valence-electron chi connectivity index (χ0n) is 10.6. The Morgan fingerprint density at radius 3 is 2.25 bits per heavy atom. The minimum atomic E-state index is -0.101. The lowest BCUT2D eigenvalue weighted by Gasteiger charge is -2.40. The fraction of sp³-hybridized carbons (Fsp3) is 0.909. The molecule has 1 fully saturated rings. The SMILES string of the molecule is CC1CN(C(C(=O)NN)C(C)C)CC(C)S1. The Kier molecular flexibility index (Phi) is 5.08. The molecule has 0 aromatic rings. The summed E-state index contributed by atoms with van der Waals surface area (Å²) in [4.78, 5) is 14.0. The van der Waals surface area contributed by atoms with E-state index in [-0.39, 0.29) is 17.9 Å². The van der Waals surface area contributed by atoms with Gasteiger partial charge in [0.15, 0.2) is 0 Å². The van der Waals surface area contributed by atoms with Crippen LogP contribution in [0.1, 0.15) is 27.7 Å². The molecule has 3 N–H and O–H groups in total. The quantitative estimate of drug-likeness (QED) is 0.439. The molecular weight excluding hydrogens is 222 g/mol. The standard InChI is InChI=1S/C11H23N3OS/c1-7(2)10(11(15)13-12)14-5-8(3)16-9(4)6-14/h7-10H,5-6,12H2,1-4H3,(H,13,15). The fourth-order valence-electron chi connectivity index (χ4n) is 2.42. The third-order valence-electron chi connectivity index (χ3n) is 2.88. The number of rotatable bonds is 3. The summed E-state index contributed by atoms with van der Waals surface area (Å²) in [6, 6.07) is -0.101. The summed E-state index contributed by atoms with van der Waals surface area (Å²) >= 11 is 1.99. The lowest BCUT2D eigenvalue weighted by Crippen LogP contribution is -2.56. The van der Waals surface area contributed by atoms with E-state index in [4.69, 9.17) is 5.84 Å². The number of hydrazine groups is 1. The van der Waals surface area contributed by atoms with Gasteiger partial charge in [-0.15, -0.1) is 0 Å². The van der Waals surface area contributed by atoms with Gasteiger partial charge in [-0.25, -0.2) is 5.84 Å². The number of hydrogen-bond donors (Lipinski definition) is 2. The highest BCUT2D eigenvalue weighted by atomic mass is 32.2. The van der Waals surface area contributed by atoms with Crippen molar-refractivity contribution >= 4 is 17.7 Å². The molecule has 1 rings (SSSR count). The van der Waals surface area contributed by atoms with E-state index in [1.54, 1.807) is 0 Å². The Balaban J connectivity index is 2.74. The molecule has 0 spiro atoms. The summed E-state index contributed by atoms with van der Waals surface area (Å²) in [5.41, 5.74) is 2.29. The van der Waals surface area contributed by atoms with E-state index in [0.29, 0.717) is 10.5 Å². The van der Waals surface area contributed by atoms with Crippen molar-refractivity contribution < 1.29 is 4.79 Å². The number of nitrogens with two attached hydrogens (primary N) is 1. The molecule has 3 unspecified atom stereocenters. The molecule has 1 aliphatic rings. The monoisotopic (exact) mass is 245 g/mol. The Bertz CT molecular complexity index is 237. The van der Waals surface area contributed by atoms with Crippen molar-refractivity contribution in [2.75, 3.05) is 13.1 Å². The molecule has 0 aromatic carbocycles. The van der Waals surface area contributed by atoms with Gasteiger partial charge in [0.05, 0.1) is 6.04 Å². The third-order valence-corrected chi connectivity index (χ3v) is 4.11. The van der Waals surface area contributed by atoms with Gasteiger partial charge < -0.3 is 0 Å². The first-order valence-electron chi connectivity index (χ1n) is 5.85. The van der Waals surface area contributed by atoms with Crippen LogP contribution in [0.5, 0.6) is 0 Å². The molecule has 5 heteroatoms. The number of nitrogens with zero attached hydrogens (tertiary/aromatic N) is 1. The summed E-state index contributed by atoms with van der Waals surface area (Å²) in [5, 5.41) is 1.16. The summed E-state index contributed by atoms with van der Waals surface area (Å²) in [5.74, 6) is 5.47. The highest BCUT2D eigenvalue weighted by Crippen LogP contribution is 2.27. The normalized spacial score (nSPS) is 29.1. The van der Waals surface area contributed by atoms with E-state index in [0.717, 1.165) is 13.1 Å². The van der Waals surface area contributed by atoms with Crippen molar-refractivity contribution in [3.63, 3.8) is 0 Å². The average molecular weight is 245 g/mol. The first-order valence-corrected chi connectivity index (χ1v) is 6.80. The molecule has 3 atom stereocenters. The van der Waals surface area contributed by atoms with Gasteiger partial charge >= 0.3 is 0 Å². The van der Waals surface area contributed by atoms with E-state index in [9.17, 15) is 4.79 Å². The van der Waals surface area contributed by atoms with Gasteiger partial charge in [-0.1, -0.05) is 27.7 Å². The maximum absolute atomic E-state index is 11.8. The summed E-state index contributed by atoms with van der Waals surface area (Å²) in [7, 11) is 0. The molecular formula is C11H23N3OS. The van der Waals surface area contributed by atoms with E-state index < -0.39 is 0 Å². The second-order valence-corrected chi connectivity index (χ2v) is 6.79. The van der Waals surface area contributed by atoms with Crippen molar-refractivity contribution in [3.05, 3.63) is 0 Å². The van der Waals surface area contributed by atoms with E-state index >= 15 is 0 Å². The van der Waals surface area contributed by atoms with Gasteiger partial charge in [-0.2, -0.15) is 11.8 Å². The van der Waals surface area contributed by atoms with Crippen LogP contribution in [0.2, 0.25) is 0 Å². The van der Waals surface area contributed by atoms with Crippen LogP contribution in [0.25, 0.3) is 0 Å². The van der Waals surface area contributed by atoms with Gasteiger partial charge in [0, 0.05) is 23.6 Å². The van der Waals surface area contributed by atoms with E-state index in [1.807, 2.05) is 11.8 Å². The van der Waals surface area contributed by atoms with Crippen molar-refractivity contribution in [1.29, 1.82) is 0 Å². The largest absolute Gasteiger partial charge is 0.293 e. The molecule has 1 amide bonds. The van der Waals surface area contributed by atoms with Gasteiger partial charge in [0.25, 0.3) is 5.91 Å². The zero-order valence-corrected chi connectivity index (χ0v) is 11.4. The summed E-state index contributed by atoms with van der Waals surface area (Å²) < 4.78 is 0.